The summed E-state index contributed by atoms with van der Waals surface area (Å²) in [7, 11) is 0. The molecule has 2 heterocycles. The minimum atomic E-state index is -0.569. The number of aromatic nitrogens is 1. The zero-order valence-corrected chi connectivity index (χ0v) is 20.7. The van der Waals surface area contributed by atoms with Crippen LogP contribution in [0.5, 0.6) is 0 Å². The van der Waals surface area contributed by atoms with Gasteiger partial charge in [0.25, 0.3) is 5.91 Å². The van der Waals surface area contributed by atoms with E-state index in [1.54, 1.807) is 36.5 Å². The summed E-state index contributed by atoms with van der Waals surface area (Å²) in [4.78, 5) is 17.8. The number of benzene rings is 2. The Morgan fingerprint density at radius 1 is 1.18 bits per heavy atom. The Bertz CT molecular complexity index is 1390. The first-order chi connectivity index (χ1) is 15.9. The normalized spacial score (nSPS) is 11.3. The molecule has 4 rings (SSSR count). The molecule has 2 aromatic heterocycles. The van der Waals surface area contributed by atoms with Gasteiger partial charge in [0.2, 0.25) is 0 Å². The van der Waals surface area contributed by atoms with Crippen LogP contribution >= 0.6 is 50.5 Å². The lowest BCUT2D eigenvalue weighted by molar-refractivity contribution is -0.112. The van der Waals surface area contributed by atoms with Crippen molar-refractivity contribution in [2.24, 2.45) is 0 Å². The van der Waals surface area contributed by atoms with Crippen LogP contribution in [-0.4, -0.2) is 10.9 Å². The molecule has 1 N–H and O–H groups in total. The monoisotopic (exact) mass is 557 g/mol. The fourth-order valence-electron chi connectivity index (χ4n) is 2.97. The molecule has 0 aliphatic heterocycles. The van der Waals surface area contributed by atoms with Crippen molar-refractivity contribution in [3.8, 4) is 17.4 Å². The summed E-state index contributed by atoms with van der Waals surface area (Å²) in [6.45, 7) is 0. The van der Waals surface area contributed by atoms with Gasteiger partial charge in [-0.2, -0.15) is 5.26 Å². The predicted octanol–water partition coefficient (Wildman–Crippen LogP) is 7.61. The van der Waals surface area contributed by atoms with Crippen LogP contribution in [0.2, 0.25) is 10.0 Å². The number of carbonyl (C=O) groups is 1. The van der Waals surface area contributed by atoms with Gasteiger partial charge in [0.15, 0.2) is 5.13 Å². The van der Waals surface area contributed by atoms with Crippen molar-refractivity contribution >= 4 is 67.6 Å². The first-order valence-corrected chi connectivity index (χ1v) is 12.0. The molecule has 0 unspecified atom stereocenters. The molecule has 2 aromatic carbocycles. The average Bonchev–Trinajstić information content (AvgIpc) is 3.44. The van der Waals surface area contributed by atoms with E-state index in [9.17, 15) is 10.1 Å². The van der Waals surface area contributed by atoms with E-state index in [-0.39, 0.29) is 5.57 Å². The largest absolute Gasteiger partial charge is 0.457 e. The number of halogens is 3. The van der Waals surface area contributed by atoms with E-state index in [4.69, 9.17) is 27.6 Å². The van der Waals surface area contributed by atoms with Gasteiger partial charge < -0.3 is 4.42 Å². The van der Waals surface area contributed by atoms with Crippen LogP contribution in [0, 0.1) is 11.3 Å². The van der Waals surface area contributed by atoms with Gasteiger partial charge in [-0.05, 0) is 48.0 Å². The third kappa shape index (κ3) is 5.92. The minimum Gasteiger partial charge on any atom is -0.457 e. The molecule has 0 spiro atoms. The van der Waals surface area contributed by atoms with E-state index in [1.165, 1.54) is 17.4 Å². The summed E-state index contributed by atoms with van der Waals surface area (Å²) in [5.41, 5.74) is 1.64. The van der Waals surface area contributed by atoms with Gasteiger partial charge in [-0.1, -0.05) is 51.3 Å². The molecule has 0 atom stereocenters. The number of thiazole rings is 1. The van der Waals surface area contributed by atoms with Gasteiger partial charge in [0.1, 0.15) is 23.2 Å². The SMILES string of the molecule is N#C/C(=C\c1ccc(-c2cc(Cl)ccc2Cl)o1)C(=O)Nc1ncc(Cc2ccc(Br)cc2)s1. The molecule has 5 nitrogen and oxygen atoms in total. The number of carbonyl (C=O) groups excluding carboxylic acids is 1. The Hall–Kier alpha value is -2.89. The second-order valence-electron chi connectivity index (χ2n) is 6.89. The highest BCUT2D eigenvalue weighted by Gasteiger charge is 2.14. The number of nitrogens with one attached hydrogen (secondary N) is 1. The molecular formula is C24H14BrCl2N3O2S. The molecule has 0 radical (unpaired) electrons. The zero-order chi connectivity index (χ0) is 23.4. The number of nitriles is 1. The fraction of sp³-hybridized carbons (Fsp3) is 0.0417. The van der Waals surface area contributed by atoms with Crippen LogP contribution in [0.25, 0.3) is 17.4 Å². The van der Waals surface area contributed by atoms with Crippen molar-refractivity contribution in [2.45, 2.75) is 6.42 Å². The number of rotatable bonds is 6. The van der Waals surface area contributed by atoms with E-state index in [0.29, 0.717) is 38.7 Å². The van der Waals surface area contributed by atoms with Crippen molar-refractivity contribution < 1.29 is 9.21 Å². The van der Waals surface area contributed by atoms with Crippen LogP contribution in [0.1, 0.15) is 16.2 Å². The number of hydrogen-bond acceptors (Lipinski definition) is 5. The van der Waals surface area contributed by atoms with Crippen LogP contribution in [0.3, 0.4) is 0 Å². The lowest BCUT2D eigenvalue weighted by atomic mass is 10.1. The van der Waals surface area contributed by atoms with E-state index < -0.39 is 5.91 Å². The van der Waals surface area contributed by atoms with E-state index in [1.807, 2.05) is 30.3 Å². The van der Waals surface area contributed by atoms with Crippen LogP contribution < -0.4 is 5.32 Å². The molecule has 164 valence electrons. The molecule has 0 aliphatic carbocycles. The third-order valence-corrected chi connectivity index (χ3v) is 6.54. The summed E-state index contributed by atoms with van der Waals surface area (Å²) in [5.74, 6) is 0.243. The number of furan rings is 1. The molecule has 4 aromatic rings. The standard InChI is InChI=1S/C24H14BrCl2N3O2S/c25-16-3-1-14(2-4-16)9-19-13-29-24(33-19)30-23(31)15(12-28)10-18-6-8-22(32-18)20-11-17(26)5-7-21(20)27/h1-8,10-11,13H,9H2,(H,29,30,31)/b15-10+. The number of amides is 1. The first kappa shape index (κ1) is 23.3. The Labute approximate surface area is 212 Å². The van der Waals surface area contributed by atoms with Gasteiger partial charge in [0, 0.05) is 38.6 Å². The Morgan fingerprint density at radius 3 is 2.73 bits per heavy atom. The highest BCUT2D eigenvalue weighted by Crippen LogP contribution is 2.32. The van der Waals surface area contributed by atoms with Gasteiger partial charge >= 0.3 is 0 Å². The molecule has 9 heteroatoms. The summed E-state index contributed by atoms with van der Waals surface area (Å²) in [5, 5.41) is 13.6. The lowest BCUT2D eigenvalue weighted by Gasteiger charge is -2.01. The predicted molar refractivity (Wildman–Crippen MR) is 135 cm³/mol. The Morgan fingerprint density at radius 2 is 1.97 bits per heavy atom. The maximum absolute atomic E-state index is 12.6. The van der Waals surface area contributed by atoms with E-state index in [2.05, 4.69) is 26.2 Å². The van der Waals surface area contributed by atoms with Crippen LogP contribution in [-0.2, 0) is 11.2 Å². The third-order valence-electron chi connectivity index (χ3n) is 4.54. The maximum atomic E-state index is 12.6. The zero-order valence-electron chi connectivity index (χ0n) is 16.8. The van der Waals surface area contributed by atoms with Gasteiger partial charge in [0.05, 0.1) is 5.02 Å². The first-order valence-electron chi connectivity index (χ1n) is 9.59. The maximum Gasteiger partial charge on any atom is 0.268 e. The molecule has 1 amide bonds. The molecule has 0 saturated carbocycles. The van der Waals surface area contributed by atoms with Crippen molar-refractivity contribution in [3.05, 3.63) is 97.1 Å². The van der Waals surface area contributed by atoms with Crippen molar-refractivity contribution in [3.63, 3.8) is 0 Å². The van der Waals surface area contributed by atoms with Gasteiger partial charge in [-0.3, -0.25) is 10.1 Å². The van der Waals surface area contributed by atoms with E-state index >= 15 is 0 Å². The summed E-state index contributed by atoms with van der Waals surface area (Å²) in [6, 6.07) is 18.3. The highest BCUT2D eigenvalue weighted by atomic mass is 79.9. The Kier molecular flexibility index (Phi) is 7.31. The molecule has 0 bridgehead atoms. The molecule has 33 heavy (non-hydrogen) atoms. The van der Waals surface area contributed by atoms with E-state index in [0.717, 1.165) is 14.9 Å². The summed E-state index contributed by atoms with van der Waals surface area (Å²) in [6.07, 6.45) is 3.78. The van der Waals surface area contributed by atoms with Crippen molar-refractivity contribution in [2.75, 3.05) is 5.32 Å². The lowest BCUT2D eigenvalue weighted by Crippen LogP contribution is -2.13. The number of hydrogen-bond donors (Lipinski definition) is 1. The minimum absolute atomic E-state index is 0.113. The molecular weight excluding hydrogens is 545 g/mol. The van der Waals surface area contributed by atoms with Crippen LogP contribution in [0.4, 0.5) is 5.13 Å². The number of nitrogens with zero attached hydrogens (tertiary/aromatic N) is 2. The molecule has 0 saturated heterocycles. The Balaban J connectivity index is 1.46. The number of anilines is 1. The smallest absolute Gasteiger partial charge is 0.268 e. The second kappa shape index (κ2) is 10.4. The molecule has 0 aliphatic rings. The topological polar surface area (TPSA) is 78.9 Å². The quantitative estimate of drug-likeness (QED) is 0.195. The summed E-state index contributed by atoms with van der Waals surface area (Å²) >= 11 is 17.0. The van der Waals surface area contributed by atoms with Crippen LogP contribution in [0.15, 0.2) is 75.3 Å². The summed E-state index contributed by atoms with van der Waals surface area (Å²) < 4.78 is 6.76. The average molecular weight is 559 g/mol. The van der Waals surface area contributed by atoms with Crippen molar-refractivity contribution in [1.82, 2.24) is 4.98 Å². The molecule has 0 fully saturated rings. The van der Waals surface area contributed by atoms with Crippen molar-refractivity contribution in [1.29, 1.82) is 5.26 Å². The fourth-order valence-corrected chi connectivity index (χ4v) is 4.46. The second-order valence-corrected chi connectivity index (χ2v) is 9.76. The van der Waals surface area contributed by atoms with Gasteiger partial charge in [-0.15, -0.1) is 11.3 Å². The van der Waals surface area contributed by atoms with Gasteiger partial charge in [-0.25, -0.2) is 4.98 Å². The highest BCUT2D eigenvalue weighted by molar-refractivity contribution is 9.10.